The molecule has 1 nitrogen and oxygen atoms in total. The summed E-state index contributed by atoms with van der Waals surface area (Å²) in [5, 5.41) is 0.127. The van der Waals surface area contributed by atoms with Crippen molar-refractivity contribution in [2.45, 2.75) is 45.1 Å². The van der Waals surface area contributed by atoms with Crippen LogP contribution in [0.1, 0.15) is 50.6 Å². The van der Waals surface area contributed by atoms with Gasteiger partial charge in [-0.1, -0.05) is 43.9 Å². The molecule has 1 saturated carbocycles. The van der Waals surface area contributed by atoms with Crippen LogP contribution in [0.2, 0.25) is 5.02 Å². The summed E-state index contributed by atoms with van der Waals surface area (Å²) in [6.45, 7) is 2.16. The molecule has 4 heteroatoms. The Hall–Kier alpha value is -0.120. The maximum atomic E-state index is 14.2. The van der Waals surface area contributed by atoms with Crippen LogP contribution in [0, 0.1) is 11.2 Å². The molecular weight excluding hydrogens is 317 g/mol. The van der Waals surface area contributed by atoms with E-state index in [-0.39, 0.29) is 22.3 Å². The van der Waals surface area contributed by atoms with E-state index in [0.29, 0.717) is 10.0 Å². The van der Waals surface area contributed by atoms with E-state index >= 15 is 0 Å². The van der Waals surface area contributed by atoms with Crippen LogP contribution in [0.25, 0.3) is 0 Å². The van der Waals surface area contributed by atoms with E-state index in [0.717, 1.165) is 12.8 Å². The van der Waals surface area contributed by atoms with Gasteiger partial charge in [-0.15, -0.1) is 0 Å². The van der Waals surface area contributed by atoms with E-state index in [1.165, 1.54) is 19.3 Å². The van der Waals surface area contributed by atoms with Crippen molar-refractivity contribution in [3.63, 3.8) is 0 Å². The van der Waals surface area contributed by atoms with Crippen molar-refractivity contribution >= 4 is 27.5 Å². The van der Waals surface area contributed by atoms with Gasteiger partial charge in [-0.25, -0.2) is 4.39 Å². The quantitative estimate of drug-likeness (QED) is 0.738. The van der Waals surface area contributed by atoms with Gasteiger partial charge in [0.2, 0.25) is 0 Å². The molecule has 1 aliphatic rings. The Labute approximate surface area is 121 Å². The summed E-state index contributed by atoms with van der Waals surface area (Å²) in [6, 6.07) is 3.23. The molecule has 2 rings (SSSR count). The number of rotatable bonds is 2. The zero-order valence-corrected chi connectivity index (χ0v) is 12.8. The van der Waals surface area contributed by atoms with Crippen LogP contribution >= 0.6 is 27.5 Å². The van der Waals surface area contributed by atoms with Gasteiger partial charge in [0.1, 0.15) is 5.82 Å². The zero-order valence-electron chi connectivity index (χ0n) is 10.5. The second-order valence-electron chi connectivity index (χ2n) is 5.46. The van der Waals surface area contributed by atoms with Crippen molar-refractivity contribution in [2.75, 3.05) is 0 Å². The molecule has 1 fully saturated rings. The van der Waals surface area contributed by atoms with Gasteiger partial charge < -0.3 is 5.73 Å². The van der Waals surface area contributed by atoms with Crippen LogP contribution in [0.3, 0.4) is 0 Å². The summed E-state index contributed by atoms with van der Waals surface area (Å²) in [5.41, 5.74) is 6.83. The van der Waals surface area contributed by atoms with Crippen LogP contribution in [0.15, 0.2) is 16.6 Å². The topological polar surface area (TPSA) is 26.0 Å². The number of nitrogens with two attached hydrogens (primary N) is 1. The van der Waals surface area contributed by atoms with Gasteiger partial charge in [0.25, 0.3) is 0 Å². The maximum Gasteiger partial charge on any atom is 0.147 e. The highest BCUT2D eigenvalue weighted by Crippen LogP contribution is 2.45. The molecule has 1 aromatic carbocycles. The molecule has 0 spiro atoms. The average molecular weight is 335 g/mol. The monoisotopic (exact) mass is 333 g/mol. The molecule has 1 aromatic rings. The Balaban J connectivity index is 2.33. The maximum absolute atomic E-state index is 14.2. The molecular formula is C14H18BrClFN. The first kappa shape index (κ1) is 14.3. The van der Waals surface area contributed by atoms with E-state index in [2.05, 4.69) is 22.9 Å². The first-order valence-corrected chi connectivity index (χ1v) is 7.52. The lowest BCUT2D eigenvalue weighted by atomic mass is 9.69. The highest BCUT2D eigenvalue weighted by molar-refractivity contribution is 9.10. The molecule has 0 aromatic heterocycles. The number of halogens is 3. The molecule has 1 unspecified atom stereocenters. The van der Waals surface area contributed by atoms with E-state index < -0.39 is 0 Å². The summed E-state index contributed by atoms with van der Waals surface area (Å²) in [7, 11) is 0. The molecule has 18 heavy (non-hydrogen) atoms. The van der Waals surface area contributed by atoms with Crippen molar-refractivity contribution in [3.8, 4) is 0 Å². The van der Waals surface area contributed by atoms with Crippen molar-refractivity contribution in [3.05, 3.63) is 33.0 Å². The molecule has 0 radical (unpaired) electrons. The molecule has 1 aliphatic carbocycles. The van der Waals surface area contributed by atoms with E-state index in [4.69, 9.17) is 17.3 Å². The number of hydrogen-bond donors (Lipinski definition) is 1. The van der Waals surface area contributed by atoms with Crippen molar-refractivity contribution in [2.24, 2.45) is 11.1 Å². The Kier molecular flexibility index (Phi) is 4.35. The van der Waals surface area contributed by atoms with E-state index in [1.54, 1.807) is 12.1 Å². The lowest BCUT2D eigenvalue weighted by Gasteiger charge is -2.39. The highest BCUT2D eigenvalue weighted by Gasteiger charge is 2.35. The summed E-state index contributed by atoms with van der Waals surface area (Å²) >= 11 is 9.16. The molecule has 100 valence electrons. The van der Waals surface area contributed by atoms with Crippen molar-refractivity contribution in [1.82, 2.24) is 0 Å². The van der Waals surface area contributed by atoms with Gasteiger partial charge in [-0.05, 0) is 40.3 Å². The minimum absolute atomic E-state index is 0.0176. The third-order valence-corrected chi connectivity index (χ3v) is 5.41. The lowest BCUT2D eigenvalue weighted by Crippen LogP contribution is -2.34. The summed E-state index contributed by atoms with van der Waals surface area (Å²) in [6.07, 6.45) is 5.72. The fourth-order valence-corrected chi connectivity index (χ4v) is 3.31. The standard InChI is InChI=1S/C14H18BrClFN/c1-14(7-3-2-4-8-14)13(18)9-5-6-10(15)11(16)12(9)17/h5-6,13H,2-4,7-8,18H2,1H3. The van der Waals surface area contributed by atoms with Crippen LogP contribution < -0.4 is 5.73 Å². The summed E-state index contributed by atoms with van der Waals surface area (Å²) in [5.74, 6) is -0.384. The van der Waals surface area contributed by atoms with Crippen LogP contribution in [-0.4, -0.2) is 0 Å². The lowest BCUT2D eigenvalue weighted by molar-refractivity contribution is 0.168. The third-order valence-electron chi connectivity index (χ3n) is 4.15. The Bertz CT molecular complexity index is 444. The smallest absolute Gasteiger partial charge is 0.147 e. The zero-order chi connectivity index (χ0) is 13.3. The van der Waals surface area contributed by atoms with Gasteiger partial charge >= 0.3 is 0 Å². The van der Waals surface area contributed by atoms with Crippen molar-refractivity contribution < 1.29 is 4.39 Å². The predicted octanol–water partition coefficient (Wildman–Crippen LogP) is 5.21. The Morgan fingerprint density at radius 1 is 1.33 bits per heavy atom. The Morgan fingerprint density at radius 3 is 2.56 bits per heavy atom. The normalized spacial score (nSPS) is 20.7. The minimum Gasteiger partial charge on any atom is -0.323 e. The van der Waals surface area contributed by atoms with Crippen LogP contribution in [-0.2, 0) is 0 Å². The van der Waals surface area contributed by atoms with Crippen LogP contribution in [0.4, 0.5) is 4.39 Å². The second-order valence-corrected chi connectivity index (χ2v) is 6.69. The Morgan fingerprint density at radius 2 is 1.94 bits per heavy atom. The average Bonchev–Trinajstić information content (AvgIpc) is 2.36. The van der Waals surface area contributed by atoms with Gasteiger partial charge in [0, 0.05) is 16.1 Å². The minimum atomic E-state index is -0.384. The summed E-state index contributed by atoms with van der Waals surface area (Å²) < 4.78 is 14.8. The van der Waals surface area contributed by atoms with Crippen LogP contribution in [0.5, 0.6) is 0 Å². The van der Waals surface area contributed by atoms with Gasteiger partial charge in [0.15, 0.2) is 0 Å². The number of benzene rings is 1. The second kappa shape index (κ2) is 5.48. The van der Waals surface area contributed by atoms with Gasteiger partial charge in [0.05, 0.1) is 5.02 Å². The molecule has 2 N–H and O–H groups in total. The molecule has 0 heterocycles. The molecule has 0 amide bonds. The SMILES string of the molecule is CC1(C(N)c2ccc(Br)c(Cl)c2F)CCCCC1. The highest BCUT2D eigenvalue weighted by atomic mass is 79.9. The first-order valence-electron chi connectivity index (χ1n) is 6.35. The number of hydrogen-bond acceptors (Lipinski definition) is 1. The molecule has 1 atom stereocenters. The largest absolute Gasteiger partial charge is 0.323 e. The fraction of sp³-hybridized carbons (Fsp3) is 0.571. The van der Waals surface area contributed by atoms with E-state index in [9.17, 15) is 4.39 Å². The predicted molar refractivity (Wildman–Crippen MR) is 77.2 cm³/mol. The molecule has 0 bridgehead atoms. The van der Waals surface area contributed by atoms with Gasteiger partial charge in [-0.3, -0.25) is 0 Å². The van der Waals surface area contributed by atoms with Gasteiger partial charge in [-0.2, -0.15) is 0 Å². The third kappa shape index (κ3) is 2.59. The summed E-state index contributed by atoms with van der Waals surface area (Å²) in [4.78, 5) is 0. The first-order chi connectivity index (χ1) is 8.46. The van der Waals surface area contributed by atoms with E-state index in [1.807, 2.05) is 0 Å². The van der Waals surface area contributed by atoms with Crippen molar-refractivity contribution in [1.29, 1.82) is 0 Å². The molecule has 0 aliphatic heterocycles. The molecule has 0 saturated heterocycles. The fourth-order valence-electron chi connectivity index (χ4n) is 2.83.